The van der Waals surface area contributed by atoms with E-state index in [1.807, 2.05) is 6.92 Å². The lowest BCUT2D eigenvalue weighted by Gasteiger charge is -2.72. The zero-order valence-electron chi connectivity index (χ0n) is 28.8. The standard InChI is InChI=1S/C36H62O9/c1-19(2)10-9-13-36(8,43)20-11-15-34(6)26(20)21(38)16-24-33(5)14-12-25(39)32(3,4)30(33)22(17-35(24,34)7)44-31-29(42)28(41)27(40)23(18-37)45-31/h10,20-31,37-43H,9,11-18H2,1-8H3/t20-,21+,22-,23+,24?,25-,26-,27+,28-,29+,30?,31+,33+,34-,35+,36+/m0/s1. The Labute approximate surface area is 270 Å². The van der Waals surface area contributed by atoms with Gasteiger partial charge >= 0.3 is 0 Å². The molecule has 0 bridgehead atoms. The highest BCUT2D eigenvalue weighted by molar-refractivity contribution is 5.22. The van der Waals surface area contributed by atoms with Crippen molar-refractivity contribution in [2.75, 3.05) is 6.61 Å². The Bertz CT molecular complexity index is 1100. The van der Waals surface area contributed by atoms with Gasteiger partial charge in [0.05, 0.1) is 30.5 Å². The van der Waals surface area contributed by atoms with Gasteiger partial charge in [0.15, 0.2) is 6.29 Å². The summed E-state index contributed by atoms with van der Waals surface area (Å²) in [5, 5.41) is 77.2. The van der Waals surface area contributed by atoms with E-state index in [1.165, 1.54) is 5.57 Å². The third-order valence-corrected chi connectivity index (χ3v) is 14.4. The number of ether oxygens (including phenoxy) is 2. The van der Waals surface area contributed by atoms with Crippen LogP contribution in [0.4, 0.5) is 0 Å². The number of fused-ring (bicyclic) bond motifs is 5. The first-order valence-electron chi connectivity index (χ1n) is 17.4. The lowest BCUT2D eigenvalue weighted by molar-refractivity contribution is -0.346. The van der Waals surface area contributed by atoms with E-state index >= 15 is 0 Å². The second-order valence-corrected chi connectivity index (χ2v) is 17.5. The highest BCUT2D eigenvalue weighted by Crippen LogP contribution is 2.76. The number of allylic oxidation sites excluding steroid dienone is 2. The monoisotopic (exact) mass is 638 g/mol. The lowest BCUT2D eigenvalue weighted by Crippen LogP contribution is -2.71. The molecular weight excluding hydrogens is 576 g/mol. The van der Waals surface area contributed by atoms with E-state index in [-0.39, 0.29) is 39.9 Å². The van der Waals surface area contributed by atoms with Gasteiger partial charge in [0.25, 0.3) is 0 Å². The molecule has 0 amide bonds. The normalized spacial score (nSPS) is 52.2. The van der Waals surface area contributed by atoms with Crippen LogP contribution in [-0.2, 0) is 9.47 Å². The molecule has 45 heavy (non-hydrogen) atoms. The summed E-state index contributed by atoms with van der Waals surface area (Å²) in [6, 6.07) is 0. The maximum atomic E-state index is 12.1. The minimum absolute atomic E-state index is 0.0548. The van der Waals surface area contributed by atoms with E-state index in [1.54, 1.807) is 0 Å². The Morgan fingerprint density at radius 1 is 0.933 bits per heavy atom. The van der Waals surface area contributed by atoms with Crippen LogP contribution in [0.15, 0.2) is 11.6 Å². The largest absolute Gasteiger partial charge is 0.394 e. The zero-order valence-corrected chi connectivity index (χ0v) is 28.8. The van der Waals surface area contributed by atoms with E-state index in [2.05, 4.69) is 54.5 Å². The van der Waals surface area contributed by atoms with Crippen LogP contribution in [0.2, 0.25) is 0 Å². The molecule has 9 nitrogen and oxygen atoms in total. The van der Waals surface area contributed by atoms with E-state index in [0.717, 1.165) is 25.7 Å². The van der Waals surface area contributed by atoms with Crippen LogP contribution in [-0.4, -0.2) is 97.0 Å². The molecule has 1 saturated heterocycles. The molecule has 5 aliphatic rings. The van der Waals surface area contributed by atoms with Crippen molar-refractivity contribution >= 4 is 0 Å². The van der Waals surface area contributed by atoms with Crippen molar-refractivity contribution in [3.63, 3.8) is 0 Å². The molecule has 9 heteroatoms. The second-order valence-electron chi connectivity index (χ2n) is 17.5. The summed E-state index contributed by atoms with van der Waals surface area (Å²) in [6.07, 6.45) is -0.603. The Kier molecular flexibility index (Phi) is 9.56. The molecule has 0 aromatic heterocycles. The third-order valence-electron chi connectivity index (χ3n) is 14.4. The first-order valence-corrected chi connectivity index (χ1v) is 17.4. The molecule has 4 saturated carbocycles. The number of aliphatic hydroxyl groups excluding tert-OH is 6. The van der Waals surface area contributed by atoms with Crippen molar-refractivity contribution in [3.05, 3.63) is 11.6 Å². The van der Waals surface area contributed by atoms with Crippen molar-refractivity contribution in [1.82, 2.24) is 0 Å². The summed E-state index contributed by atoms with van der Waals surface area (Å²) in [5.74, 6) is -0.186. The molecule has 0 spiro atoms. The number of rotatable bonds is 7. The molecule has 5 rings (SSSR count). The summed E-state index contributed by atoms with van der Waals surface area (Å²) < 4.78 is 12.6. The van der Waals surface area contributed by atoms with Gasteiger partial charge in [0.2, 0.25) is 0 Å². The smallest absolute Gasteiger partial charge is 0.186 e. The Balaban J connectivity index is 1.54. The molecule has 260 valence electrons. The molecule has 4 aliphatic carbocycles. The first kappa shape index (κ1) is 35.7. The minimum atomic E-state index is -1.54. The average molecular weight is 639 g/mol. The van der Waals surface area contributed by atoms with Crippen molar-refractivity contribution in [1.29, 1.82) is 0 Å². The molecule has 16 atom stereocenters. The third kappa shape index (κ3) is 5.48. The van der Waals surface area contributed by atoms with Gasteiger partial charge in [-0.2, -0.15) is 0 Å². The van der Waals surface area contributed by atoms with Gasteiger partial charge in [-0.1, -0.05) is 46.3 Å². The summed E-state index contributed by atoms with van der Waals surface area (Å²) in [7, 11) is 0. The molecule has 0 radical (unpaired) electrons. The van der Waals surface area contributed by atoms with E-state index in [9.17, 15) is 35.7 Å². The fourth-order valence-electron chi connectivity index (χ4n) is 11.9. The molecular formula is C36H62O9. The van der Waals surface area contributed by atoms with Crippen molar-refractivity contribution in [2.24, 2.45) is 45.3 Å². The van der Waals surface area contributed by atoms with Crippen LogP contribution in [0.3, 0.4) is 0 Å². The van der Waals surface area contributed by atoms with E-state index in [0.29, 0.717) is 25.7 Å². The van der Waals surface area contributed by atoms with Crippen LogP contribution < -0.4 is 0 Å². The first-order chi connectivity index (χ1) is 20.8. The highest BCUT2D eigenvalue weighted by Gasteiger charge is 2.73. The number of hydrogen-bond acceptors (Lipinski definition) is 9. The maximum Gasteiger partial charge on any atom is 0.186 e. The molecule has 7 N–H and O–H groups in total. The highest BCUT2D eigenvalue weighted by atomic mass is 16.7. The molecule has 1 heterocycles. The van der Waals surface area contributed by atoms with E-state index in [4.69, 9.17) is 9.47 Å². The van der Waals surface area contributed by atoms with Crippen molar-refractivity contribution in [3.8, 4) is 0 Å². The topological polar surface area (TPSA) is 160 Å². The Morgan fingerprint density at radius 3 is 2.22 bits per heavy atom. The number of aliphatic hydroxyl groups is 7. The fraction of sp³-hybridized carbons (Fsp3) is 0.944. The fourth-order valence-corrected chi connectivity index (χ4v) is 11.9. The summed E-state index contributed by atoms with van der Waals surface area (Å²) in [4.78, 5) is 0. The van der Waals surface area contributed by atoms with Crippen LogP contribution in [0.5, 0.6) is 0 Å². The van der Waals surface area contributed by atoms with Crippen LogP contribution in [0.25, 0.3) is 0 Å². The molecule has 2 unspecified atom stereocenters. The SMILES string of the molecule is CC(C)=CCC[C@@](C)(O)[C@H]1CC[C@@]2(C)[C@@H]1[C@H](O)CC1[C@@]3(C)CC[C@H](O)C(C)(C)C3[C@@H](O[C@@H]3O[C@H](CO)[C@@H](O)[C@H](O)[C@H]3O)C[C@]12C. The van der Waals surface area contributed by atoms with Crippen LogP contribution in [0.1, 0.15) is 107 Å². The predicted molar refractivity (Wildman–Crippen MR) is 170 cm³/mol. The minimum Gasteiger partial charge on any atom is -0.394 e. The maximum absolute atomic E-state index is 12.1. The molecule has 0 aromatic rings. The second kappa shape index (κ2) is 12.1. The Morgan fingerprint density at radius 2 is 1.60 bits per heavy atom. The number of hydrogen-bond donors (Lipinski definition) is 7. The van der Waals surface area contributed by atoms with Gasteiger partial charge in [0.1, 0.15) is 24.4 Å². The summed E-state index contributed by atoms with van der Waals surface area (Å²) in [6.45, 7) is 16.6. The molecule has 0 aromatic carbocycles. The van der Waals surface area contributed by atoms with Gasteiger partial charge < -0.3 is 45.2 Å². The molecule has 5 fully saturated rings. The van der Waals surface area contributed by atoms with Crippen LogP contribution in [0, 0.1) is 45.3 Å². The average Bonchev–Trinajstić information content (AvgIpc) is 3.33. The summed E-state index contributed by atoms with van der Waals surface area (Å²) in [5.41, 5.74) is -1.21. The lowest BCUT2D eigenvalue weighted by atomic mass is 9.34. The van der Waals surface area contributed by atoms with Crippen molar-refractivity contribution < 1.29 is 45.2 Å². The van der Waals surface area contributed by atoms with Gasteiger partial charge in [-0.05, 0) is 117 Å². The summed E-state index contributed by atoms with van der Waals surface area (Å²) >= 11 is 0. The van der Waals surface area contributed by atoms with Gasteiger partial charge in [-0.15, -0.1) is 0 Å². The van der Waals surface area contributed by atoms with Crippen LogP contribution >= 0.6 is 0 Å². The van der Waals surface area contributed by atoms with E-state index < -0.39 is 66.6 Å². The quantitative estimate of drug-likeness (QED) is 0.164. The zero-order chi connectivity index (χ0) is 33.5. The Hall–Kier alpha value is -0.620. The van der Waals surface area contributed by atoms with Gasteiger partial charge in [-0.3, -0.25) is 0 Å². The molecule has 1 aliphatic heterocycles. The predicted octanol–water partition coefficient (Wildman–Crippen LogP) is 3.30. The van der Waals surface area contributed by atoms with Gasteiger partial charge in [0, 0.05) is 0 Å². The van der Waals surface area contributed by atoms with Gasteiger partial charge in [-0.25, -0.2) is 0 Å². The van der Waals surface area contributed by atoms with Crippen molar-refractivity contribution in [2.45, 2.75) is 161 Å².